The smallest absolute Gasteiger partial charge is 0.242 e. The van der Waals surface area contributed by atoms with E-state index in [0.717, 1.165) is 25.7 Å². The molecule has 0 radical (unpaired) electrons. The molecule has 2 amide bonds. The van der Waals surface area contributed by atoms with Gasteiger partial charge >= 0.3 is 0 Å². The average molecular weight is 226 g/mol. The van der Waals surface area contributed by atoms with Crippen LogP contribution in [-0.4, -0.2) is 35.1 Å². The van der Waals surface area contributed by atoms with Gasteiger partial charge in [-0.15, -0.1) is 0 Å². The van der Waals surface area contributed by atoms with Crippen molar-refractivity contribution in [1.29, 1.82) is 0 Å². The summed E-state index contributed by atoms with van der Waals surface area (Å²) in [6.07, 6.45) is 4.19. The van der Waals surface area contributed by atoms with E-state index in [-0.39, 0.29) is 17.9 Å². The molecule has 90 valence electrons. The number of carbonyl (C=O) groups is 2. The van der Waals surface area contributed by atoms with Crippen molar-refractivity contribution in [3.63, 3.8) is 0 Å². The van der Waals surface area contributed by atoms with Crippen LogP contribution in [0.5, 0.6) is 0 Å². The third-order valence-electron chi connectivity index (χ3n) is 3.37. The molecule has 1 heterocycles. The molecule has 1 aliphatic heterocycles. The van der Waals surface area contributed by atoms with Gasteiger partial charge in [0.05, 0.1) is 12.1 Å². The van der Waals surface area contributed by atoms with Gasteiger partial charge in [0.1, 0.15) is 6.04 Å². The number of carbonyl (C=O) groups excluding carboxylic acids is 2. The summed E-state index contributed by atoms with van der Waals surface area (Å²) >= 11 is 0. The Balaban J connectivity index is 1.84. The van der Waals surface area contributed by atoms with E-state index < -0.39 is 12.1 Å². The molecule has 3 N–H and O–H groups in total. The van der Waals surface area contributed by atoms with Crippen LogP contribution in [0.2, 0.25) is 0 Å². The topological polar surface area (TPSA) is 78.4 Å². The zero-order valence-corrected chi connectivity index (χ0v) is 9.24. The Morgan fingerprint density at radius 2 is 2.06 bits per heavy atom. The first-order valence-electron chi connectivity index (χ1n) is 5.94. The minimum atomic E-state index is -0.435. The van der Waals surface area contributed by atoms with E-state index in [0.29, 0.717) is 12.8 Å². The summed E-state index contributed by atoms with van der Waals surface area (Å²) in [5.74, 6) is -0.221. The SMILES string of the molecule is O=C1CC[C@H](C(=O)NC2CCCCC2O)N1. The number of nitrogens with one attached hydrogen (secondary N) is 2. The summed E-state index contributed by atoms with van der Waals surface area (Å²) in [5, 5.41) is 15.2. The summed E-state index contributed by atoms with van der Waals surface area (Å²) in [4.78, 5) is 22.7. The van der Waals surface area contributed by atoms with E-state index in [4.69, 9.17) is 0 Å². The van der Waals surface area contributed by atoms with Gasteiger partial charge in [-0.2, -0.15) is 0 Å². The van der Waals surface area contributed by atoms with Crippen LogP contribution < -0.4 is 10.6 Å². The molecule has 3 atom stereocenters. The minimum absolute atomic E-state index is 0.0654. The van der Waals surface area contributed by atoms with Gasteiger partial charge in [-0.3, -0.25) is 9.59 Å². The molecule has 16 heavy (non-hydrogen) atoms. The fraction of sp³-hybridized carbons (Fsp3) is 0.818. The van der Waals surface area contributed by atoms with Gasteiger partial charge in [-0.25, -0.2) is 0 Å². The molecule has 1 saturated heterocycles. The van der Waals surface area contributed by atoms with Crippen LogP contribution in [0, 0.1) is 0 Å². The largest absolute Gasteiger partial charge is 0.391 e. The summed E-state index contributed by atoms with van der Waals surface area (Å²) in [6, 6.07) is -0.541. The van der Waals surface area contributed by atoms with E-state index in [9.17, 15) is 14.7 Å². The quantitative estimate of drug-likeness (QED) is 0.604. The second-order valence-electron chi connectivity index (χ2n) is 4.63. The Hall–Kier alpha value is -1.10. The summed E-state index contributed by atoms with van der Waals surface area (Å²) in [5.41, 5.74) is 0. The normalized spacial score (nSPS) is 34.6. The summed E-state index contributed by atoms with van der Waals surface area (Å²) < 4.78 is 0. The molecule has 1 aliphatic carbocycles. The molecule has 0 aromatic carbocycles. The molecule has 0 aromatic heterocycles. The highest BCUT2D eigenvalue weighted by molar-refractivity contribution is 5.90. The maximum atomic E-state index is 11.8. The molecule has 0 spiro atoms. The predicted molar refractivity (Wildman–Crippen MR) is 57.6 cm³/mol. The van der Waals surface area contributed by atoms with Crippen LogP contribution in [-0.2, 0) is 9.59 Å². The average Bonchev–Trinajstić information content (AvgIpc) is 2.68. The van der Waals surface area contributed by atoms with Gasteiger partial charge in [0.25, 0.3) is 0 Å². The van der Waals surface area contributed by atoms with Crippen LogP contribution in [0.4, 0.5) is 0 Å². The molecule has 0 aromatic rings. The lowest BCUT2D eigenvalue weighted by Crippen LogP contribution is -2.50. The van der Waals surface area contributed by atoms with Gasteiger partial charge in [0.15, 0.2) is 0 Å². The molecule has 5 nitrogen and oxygen atoms in total. The number of hydrogen-bond donors (Lipinski definition) is 3. The van der Waals surface area contributed by atoms with Gasteiger partial charge in [-0.1, -0.05) is 12.8 Å². The highest BCUT2D eigenvalue weighted by Gasteiger charge is 2.31. The fourth-order valence-electron chi connectivity index (χ4n) is 2.37. The van der Waals surface area contributed by atoms with Crippen molar-refractivity contribution in [1.82, 2.24) is 10.6 Å². The third kappa shape index (κ3) is 2.52. The molecular formula is C11H18N2O3. The summed E-state index contributed by atoms with van der Waals surface area (Å²) in [7, 11) is 0. The van der Waals surface area contributed by atoms with Crippen LogP contribution in [0.1, 0.15) is 38.5 Å². The second kappa shape index (κ2) is 4.82. The standard InChI is InChI=1S/C11H18N2O3/c14-9-4-2-1-3-7(9)13-11(16)8-5-6-10(15)12-8/h7-9,14H,1-6H2,(H,12,15)(H,13,16)/t7?,8-,9?/m1/s1. The van der Waals surface area contributed by atoms with Crippen molar-refractivity contribution in [2.24, 2.45) is 0 Å². The monoisotopic (exact) mass is 226 g/mol. The lowest BCUT2D eigenvalue weighted by atomic mass is 9.92. The zero-order chi connectivity index (χ0) is 11.5. The molecule has 2 unspecified atom stereocenters. The van der Waals surface area contributed by atoms with E-state index in [1.54, 1.807) is 0 Å². The maximum absolute atomic E-state index is 11.8. The second-order valence-corrected chi connectivity index (χ2v) is 4.63. The molecular weight excluding hydrogens is 208 g/mol. The fourth-order valence-corrected chi connectivity index (χ4v) is 2.37. The van der Waals surface area contributed by atoms with Crippen molar-refractivity contribution in [2.75, 3.05) is 0 Å². The molecule has 2 rings (SSSR count). The van der Waals surface area contributed by atoms with Gasteiger partial charge < -0.3 is 15.7 Å². The van der Waals surface area contributed by atoms with E-state index >= 15 is 0 Å². The van der Waals surface area contributed by atoms with Crippen molar-refractivity contribution in [3.05, 3.63) is 0 Å². The van der Waals surface area contributed by atoms with Crippen molar-refractivity contribution in [3.8, 4) is 0 Å². The third-order valence-corrected chi connectivity index (χ3v) is 3.37. The Labute approximate surface area is 94.6 Å². The van der Waals surface area contributed by atoms with E-state index in [2.05, 4.69) is 10.6 Å². The Bertz CT molecular complexity index is 293. The highest BCUT2D eigenvalue weighted by Crippen LogP contribution is 2.18. The Morgan fingerprint density at radius 3 is 2.69 bits per heavy atom. The molecule has 1 saturated carbocycles. The Kier molecular flexibility index (Phi) is 3.43. The van der Waals surface area contributed by atoms with Crippen LogP contribution in [0.25, 0.3) is 0 Å². The number of hydrogen-bond acceptors (Lipinski definition) is 3. The minimum Gasteiger partial charge on any atom is -0.391 e. The maximum Gasteiger partial charge on any atom is 0.242 e. The van der Waals surface area contributed by atoms with Crippen LogP contribution in [0.3, 0.4) is 0 Å². The van der Waals surface area contributed by atoms with Crippen LogP contribution in [0.15, 0.2) is 0 Å². The van der Waals surface area contributed by atoms with Gasteiger partial charge in [-0.05, 0) is 19.3 Å². The first-order chi connectivity index (χ1) is 7.66. The van der Waals surface area contributed by atoms with Gasteiger partial charge in [0.2, 0.25) is 11.8 Å². The number of aliphatic hydroxyl groups is 1. The lowest BCUT2D eigenvalue weighted by Gasteiger charge is -2.29. The first-order valence-corrected chi connectivity index (χ1v) is 5.94. The first kappa shape index (κ1) is 11.4. The Morgan fingerprint density at radius 1 is 1.31 bits per heavy atom. The zero-order valence-electron chi connectivity index (χ0n) is 9.24. The van der Waals surface area contributed by atoms with Crippen molar-refractivity contribution >= 4 is 11.8 Å². The summed E-state index contributed by atoms with van der Waals surface area (Å²) in [6.45, 7) is 0. The molecule has 5 heteroatoms. The van der Waals surface area contributed by atoms with Gasteiger partial charge in [0, 0.05) is 6.42 Å². The molecule has 0 bridgehead atoms. The lowest BCUT2D eigenvalue weighted by molar-refractivity contribution is -0.127. The number of amides is 2. The van der Waals surface area contributed by atoms with E-state index in [1.807, 2.05) is 0 Å². The van der Waals surface area contributed by atoms with E-state index in [1.165, 1.54) is 0 Å². The van der Waals surface area contributed by atoms with Crippen molar-refractivity contribution < 1.29 is 14.7 Å². The highest BCUT2D eigenvalue weighted by atomic mass is 16.3. The number of rotatable bonds is 2. The molecule has 2 fully saturated rings. The number of aliphatic hydroxyl groups excluding tert-OH is 1. The van der Waals surface area contributed by atoms with Crippen molar-refractivity contribution in [2.45, 2.75) is 56.7 Å². The molecule has 2 aliphatic rings. The van der Waals surface area contributed by atoms with Crippen LogP contribution >= 0.6 is 0 Å². The predicted octanol–water partition coefficient (Wildman–Crippen LogP) is -0.315.